The minimum atomic E-state index is -3.79. The highest BCUT2D eigenvalue weighted by Gasteiger charge is 2.26. The maximum Gasteiger partial charge on any atom is 0.271 e. The first-order valence-electron chi connectivity index (χ1n) is 10.9. The van der Waals surface area contributed by atoms with Crippen LogP contribution in [0, 0.1) is 0 Å². The van der Waals surface area contributed by atoms with E-state index in [4.69, 9.17) is 11.6 Å². The summed E-state index contributed by atoms with van der Waals surface area (Å²) in [6.07, 6.45) is 1.81. The monoisotopic (exact) mass is 500 g/mol. The maximum atomic E-state index is 13.5. The average Bonchev–Trinajstić information content (AvgIpc) is 3.19. The van der Waals surface area contributed by atoms with Gasteiger partial charge in [-0.2, -0.15) is 0 Å². The minimum absolute atomic E-state index is 0.0314. The number of sulfonamides is 1. The largest absolute Gasteiger partial charge is 0.368 e. The lowest BCUT2D eigenvalue weighted by Gasteiger charge is -2.30. The predicted molar refractivity (Wildman–Crippen MR) is 139 cm³/mol. The van der Waals surface area contributed by atoms with E-state index in [2.05, 4.69) is 19.9 Å². The molecule has 0 spiro atoms. The van der Waals surface area contributed by atoms with E-state index >= 15 is 0 Å². The summed E-state index contributed by atoms with van der Waals surface area (Å²) in [5.74, 6) is 0.0314. The Morgan fingerprint density at radius 2 is 1.88 bits per heavy atom. The molecular weight excluding hydrogens is 476 g/mol. The lowest BCUT2D eigenvalue weighted by atomic mass is 10.0. The fourth-order valence-corrected chi connectivity index (χ4v) is 7.63. The molecule has 0 bridgehead atoms. The second-order valence-corrected chi connectivity index (χ2v) is 11.9. The van der Waals surface area contributed by atoms with Gasteiger partial charge in [-0.05, 0) is 59.3 Å². The van der Waals surface area contributed by atoms with Crippen LogP contribution in [-0.4, -0.2) is 39.6 Å². The molecule has 33 heavy (non-hydrogen) atoms. The highest BCUT2D eigenvalue weighted by atomic mass is 35.5. The van der Waals surface area contributed by atoms with Gasteiger partial charge in [-0.3, -0.25) is 9.71 Å². The number of hydrogen-bond acceptors (Lipinski definition) is 6. The van der Waals surface area contributed by atoms with Crippen LogP contribution in [0.25, 0.3) is 21.0 Å². The van der Waals surface area contributed by atoms with E-state index in [0.29, 0.717) is 14.9 Å². The molecule has 0 unspecified atom stereocenters. The zero-order chi connectivity index (χ0) is 23.2. The van der Waals surface area contributed by atoms with Gasteiger partial charge in [-0.25, -0.2) is 8.42 Å². The summed E-state index contributed by atoms with van der Waals surface area (Å²) >= 11 is 7.49. The molecule has 2 N–H and O–H groups in total. The molecule has 9 heteroatoms. The Hall–Kier alpha value is -2.39. The van der Waals surface area contributed by atoms with Crippen LogP contribution in [0.5, 0.6) is 0 Å². The smallest absolute Gasteiger partial charge is 0.271 e. The highest BCUT2D eigenvalue weighted by Crippen LogP contribution is 2.41. The molecule has 1 aliphatic rings. The van der Waals surface area contributed by atoms with Crippen LogP contribution >= 0.6 is 22.9 Å². The van der Waals surface area contributed by atoms with Crippen molar-refractivity contribution in [3.63, 3.8) is 0 Å². The second kappa shape index (κ2) is 8.76. The van der Waals surface area contributed by atoms with Gasteiger partial charge in [0.2, 0.25) is 0 Å². The van der Waals surface area contributed by atoms with Crippen molar-refractivity contribution in [3.8, 4) is 0 Å². The molecule has 1 saturated heterocycles. The van der Waals surface area contributed by atoms with E-state index in [1.165, 1.54) is 11.3 Å². The minimum Gasteiger partial charge on any atom is -0.368 e. The van der Waals surface area contributed by atoms with Gasteiger partial charge in [0.1, 0.15) is 4.21 Å². The number of fused-ring (bicyclic) bond motifs is 2. The van der Waals surface area contributed by atoms with Gasteiger partial charge < -0.3 is 10.2 Å². The first-order valence-corrected chi connectivity index (χ1v) is 13.6. The van der Waals surface area contributed by atoms with Crippen molar-refractivity contribution in [2.24, 2.45) is 0 Å². The second-order valence-electron chi connectivity index (χ2n) is 8.50. The van der Waals surface area contributed by atoms with Gasteiger partial charge >= 0.3 is 0 Å². The number of halogens is 1. The van der Waals surface area contributed by atoms with Crippen molar-refractivity contribution in [1.82, 2.24) is 10.3 Å². The number of nitrogens with zero attached hydrogens (tertiary/aromatic N) is 2. The van der Waals surface area contributed by atoms with Crippen molar-refractivity contribution in [2.75, 3.05) is 35.8 Å². The Morgan fingerprint density at radius 1 is 1.09 bits per heavy atom. The quantitative estimate of drug-likeness (QED) is 0.382. The van der Waals surface area contributed by atoms with Gasteiger partial charge in [0.25, 0.3) is 10.0 Å². The molecule has 0 atom stereocenters. The number of piperazine rings is 1. The Morgan fingerprint density at radius 3 is 2.64 bits per heavy atom. The molecular formula is C24H25ClN4O2S2. The zero-order valence-corrected chi connectivity index (χ0v) is 20.8. The van der Waals surface area contributed by atoms with Crippen LogP contribution in [0.3, 0.4) is 0 Å². The Balaban J connectivity index is 1.56. The van der Waals surface area contributed by atoms with E-state index in [1.54, 1.807) is 18.3 Å². The fourth-order valence-electron chi connectivity index (χ4n) is 4.39. The van der Waals surface area contributed by atoms with Crippen molar-refractivity contribution < 1.29 is 8.42 Å². The Kier molecular flexibility index (Phi) is 5.95. The van der Waals surface area contributed by atoms with Gasteiger partial charge in [-0.1, -0.05) is 25.4 Å². The Labute approximate surface area is 202 Å². The Bertz CT molecular complexity index is 1440. The van der Waals surface area contributed by atoms with Crippen LogP contribution in [0.2, 0.25) is 5.02 Å². The van der Waals surface area contributed by atoms with Crippen LogP contribution in [0.4, 0.5) is 11.4 Å². The maximum absolute atomic E-state index is 13.5. The predicted octanol–water partition coefficient (Wildman–Crippen LogP) is 5.44. The molecule has 6 nitrogen and oxygen atoms in total. The summed E-state index contributed by atoms with van der Waals surface area (Å²) in [7, 11) is -3.79. The summed E-state index contributed by atoms with van der Waals surface area (Å²) in [4.78, 5) is 6.79. The SMILES string of the molecule is CC(C)c1c(S(=O)(=O)Nc2ccc3nccc(N4CCNCC4)c3c2)sc2ccc(Cl)cc12. The number of hydrogen-bond donors (Lipinski definition) is 2. The number of benzene rings is 2. The van der Waals surface area contributed by atoms with Crippen molar-refractivity contribution in [1.29, 1.82) is 0 Å². The molecule has 3 heterocycles. The van der Waals surface area contributed by atoms with Gasteiger partial charge in [0.15, 0.2) is 0 Å². The summed E-state index contributed by atoms with van der Waals surface area (Å²) in [6.45, 7) is 7.65. The number of rotatable bonds is 5. The molecule has 172 valence electrons. The van der Waals surface area contributed by atoms with Crippen molar-refractivity contribution >= 4 is 65.3 Å². The fraction of sp³-hybridized carbons (Fsp3) is 0.292. The van der Waals surface area contributed by atoms with E-state index in [1.807, 2.05) is 44.2 Å². The molecule has 1 aliphatic heterocycles. The van der Waals surface area contributed by atoms with Crippen LogP contribution in [-0.2, 0) is 10.0 Å². The standard InChI is InChI=1S/C24H25ClN4O2S2/c1-15(2)23-19-13-16(25)3-6-22(19)32-24(23)33(30,31)28-17-4-5-20-18(14-17)21(7-8-27-20)29-11-9-26-10-12-29/h3-8,13-15,26,28H,9-12H2,1-2H3. The number of thiophene rings is 1. The molecule has 0 aliphatic carbocycles. The van der Waals surface area contributed by atoms with Crippen molar-refractivity contribution in [3.05, 3.63) is 59.2 Å². The third-order valence-electron chi connectivity index (χ3n) is 5.90. The summed E-state index contributed by atoms with van der Waals surface area (Å²) in [5, 5.41) is 5.80. The van der Waals surface area contributed by atoms with E-state index < -0.39 is 10.0 Å². The van der Waals surface area contributed by atoms with Crippen LogP contribution < -0.4 is 14.9 Å². The molecule has 2 aromatic carbocycles. The van der Waals surface area contributed by atoms with E-state index in [9.17, 15) is 8.42 Å². The van der Waals surface area contributed by atoms with Gasteiger partial charge in [-0.15, -0.1) is 11.3 Å². The van der Waals surface area contributed by atoms with Crippen LogP contribution in [0.1, 0.15) is 25.3 Å². The first kappa shape index (κ1) is 22.4. The number of aromatic nitrogens is 1. The summed E-state index contributed by atoms with van der Waals surface area (Å²) in [5.41, 5.74) is 3.24. The third kappa shape index (κ3) is 4.28. The lowest BCUT2D eigenvalue weighted by Crippen LogP contribution is -2.43. The lowest BCUT2D eigenvalue weighted by molar-refractivity contribution is 0.590. The average molecular weight is 501 g/mol. The number of nitrogens with one attached hydrogen (secondary N) is 2. The zero-order valence-electron chi connectivity index (χ0n) is 18.4. The summed E-state index contributed by atoms with van der Waals surface area (Å²) in [6, 6.07) is 13.1. The first-order chi connectivity index (χ1) is 15.8. The van der Waals surface area contributed by atoms with Gasteiger partial charge in [0.05, 0.1) is 5.52 Å². The van der Waals surface area contributed by atoms with E-state index in [-0.39, 0.29) is 5.92 Å². The molecule has 0 saturated carbocycles. The molecule has 4 aromatic rings. The molecule has 0 radical (unpaired) electrons. The molecule has 5 rings (SSSR count). The number of pyridine rings is 1. The van der Waals surface area contributed by atoms with Crippen molar-refractivity contribution in [2.45, 2.75) is 24.0 Å². The van der Waals surface area contributed by atoms with Crippen LogP contribution in [0.15, 0.2) is 52.9 Å². The molecule has 0 amide bonds. The topological polar surface area (TPSA) is 74.3 Å². The van der Waals surface area contributed by atoms with E-state index in [0.717, 1.165) is 58.4 Å². The third-order valence-corrected chi connectivity index (χ3v) is 9.24. The number of anilines is 2. The normalized spacial score (nSPS) is 15.0. The molecule has 2 aromatic heterocycles. The summed E-state index contributed by atoms with van der Waals surface area (Å²) < 4.78 is 31.1. The molecule has 1 fully saturated rings. The van der Waals surface area contributed by atoms with Gasteiger partial charge in [0, 0.05) is 58.9 Å². The highest BCUT2D eigenvalue weighted by molar-refractivity contribution is 7.94.